The van der Waals surface area contributed by atoms with Gasteiger partial charge in [0.15, 0.2) is 5.69 Å². The molecule has 0 fully saturated rings. The molecule has 2 heterocycles. The molecule has 0 aliphatic rings. The Morgan fingerprint density at radius 3 is 2.64 bits per heavy atom. The number of nitrogens with zero attached hydrogens (tertiary/aromatic N) is 4. The van der Waals surface area contributed by atoms with Crippen molar-refractivity contribution in [1.82, 2.24) is 19.6 Å². The predicted octanol–water partition coefficient (Wildman–Crippen LogP) is 2.23. The van der Waals surface area contributed by atoms with E-state index in [-0.39, 0.29) is 5.91 Å². The Labute approximate surface area is 128 Å². The summed E-state index contributed by atoms with van der Waals surface area (Å²) in [5, 5.41) is 11.4. The smallest absolute Gasteiger partial charge is 0.277 e. The van der Waals surface area contributed by atoms with Crippen LogP contribution in [-0.4, -0.2) is 25.5 Å². The number of benzene rings is 1. The highest BCUT2D eigenvalue weighted by Gasteiger charge is 2.13. The van der Waals surface area contributed by atoms with E-state index in [4.69, 9.17) is 0 Å². The van der Waals surface area contributed by atoms with Gasteiger partial charge in [0.2, 0.25) is 0 Å². The molecular weight excluding hydrogens is 278 g/mol. The van der Waals surface area contributed by atoms with E-state index in [0.29, 0.717) is 18.1 Å². The Kier molecular flexibility index (Phi) is 3.74. The van der Waals surface area contributed by atoms with Crippen molar-refractivity contribution in [3.05, 3.63) is 65.6 Å². The number of anilines is 1. The van der Waals surface area contributed by atoms with E-state index in [2.05, 4.69) is 15.5 Å². The first-order chi connectivity index (χ1) is 10.6. The van der Waals surface area contributed by atoms with E-state index in [1.54, 1.807) is 28.7 Å². The van der Waals surface area contributed by atoms with Gasteiger partial charge in [0.25, 0.3) is 5.91 Å². The van der Waals surface area contributed by atoms with E-state index >= 15 is 0 Å². The molecule has 112 valence electrons. The minimum Gasteiger partial charge on any atom is -0.305 e. The summed E-state index contributed by atoms with van der Waals surface area (Å²) in [5.74, 6) is 0.423. The summed E-state index contributed by atoms with van der Waals surface area (Å²) < 4.78 is 3.38. The molecule has 6 nitrogen and oxygen atoms in total. The van der Waals surface area contributed by atoms with Gasteiger partial charge in [-0.3, -0.25) is 9.48 Å². The Hall–Kier alpha value is -2.89. The quantitative estimate of drug-likeness (QED) is 0.802. The van der Waals surface area contributed by atoms with Crippen LogP contribution in [0.5, 0.6) is 0 Å². The van der Waals surface area contributed by atoms with Crippen LogP contribution >= 0.6 is 0 Å². The molecule has 0 radical (unpaired) electrons. The number of carbonyl (C=O) groups is 1. The van der Waals surface area contributed by atoms with E-state index in [1.165, 1.54) is 0 Å². The van der Waals surface area contributed by atoms with Gasteiger partial charge in [0.1, 0.15) is 5.82 Å². The van der Waals surface area contributed by atoms with Gasteiger partial charge in [-0.2, -0.15) is 10.2 Å². The van der Waals surface area contributed by atoms with Crippen LogP contribution in [0.15, 0.2) is 48.7 Å². The minimum atomic E-state index is -0.241. The van der Waals surface area contributed by atoms with Gasteiger partial charge >= 0.3 is 0 Å². The number of amides is 1. The average molecular weight is 295 g/mol. The molecule has 6 heteroatoms. The molecule has 3 rings (SSSR count). The maximum absolute atomic E-state index is 12.2. The van der Waals surface area contributed by atoms with E-state index < -0.39 is 0 Å². The summed E-state index contributed by atoms with van der Waals surface area (Å²) in [5.41, 5.74) is 2.36. The molecule has 3 aromatic rings. The molecule has 0 atom stereocenters. The van der Waals surface area contributed by atoms with Gasteiger partial charge in [0.05, 0.1) is 12.2 Å². The largest absolute Gasteiger partial charge is 0.305 e. The van der Waals surface area contributed by atoms with Gasteiger partial charge in [0, 0.05) is 19.3 Å². The Morgan fingerprint density at radius 2 is 1.95 bits per heavy atom. The lowest BCUT2D eigenvalue weighted by Gasteiger charge is -2.08. The Balaban J connectivity index is 1.80. The molecule has 0 saturated heterocycles. The first-order valence-corrected chi connectivity index (χ1v) is 7.01. The number of nitrogens with one attached hydrogen (secondary N) is 1. The van der Waals surface area contributed by atoms with Crippen molar-refractivity contribution in [3.8, 4) is 0 Å². The van der Waals surface area contributed by atoms with Crippen LogP contribution in [0.25, 0.3) is 0 Å². The normalized spacial score (nSPS) is 10.6. The molecule has 0 bridgehead atoms. The molecule has 1 aromatic carbocycles. The summed E-state index contributed by atoms with van der Waals surface area (Å²) in [6.07, 6.45) is 1.74. The molecule has 0 aliphatic carbocycles. The number of aryl methyl sites for hydroxylation is 2. The average Bonchev–Trinajstić information content (AvgIpc) is 3.07. The summed E-state index contributed by atoms with van der Waals surface area (Å²) in [6.45, 7) is 2.50. The van der Waals surface area contributed by atoms with Gasteiger partial charge < -0.3 is 5.32 Å². The third kappa shape index (κ3) is 3.06. The van der Waals surface area contributed by atoms with Crippen molar-refractivity contribution in [2.24, 2.45) is 7.05 Å². The van der Waals surface area contributed by atoms with Crippen molar-refractivity contribution in [1.29, 1.82) is 0 Å². The lowest BCUT2D eigenvalue weighted by molar-refractivity contribution is 0.102. The van der Waals surface area contributed by atoms with Crippen LogP contribution in [0.3, 0.4) is 0 Å². The number of aromatic nitrogens is 4. The first-order valence-electron chi connectivity index (χ1n) is 7.01. The van der Waals surface area contributed by atoms with Crippen molar-refractivity contribution in [2.45, 2.75) is 13.5 Å². The van der Waals surface area contributed by atoms with Crippen LogP contribution < -0.4 is 5.32 Å². The highest BCUT2D eigenvalue weighted by atomic mass is 16.2. The van der Waals surface area contributed by atoms with Crippen molar-refractivity contribution < 1.29 is 4.79 Å². The van der Waals surface area contributed by atoms with Gasteiger partial charge in [-0.25, -0.2) is 4.68 Å². The molecular formula is C16H17N5O. The van der Waals surface area contributed by atoms with Crippen molar-refractivity contribution in [3.63, 3.8) is 0 Å². The van der Waals surface area contributed by atoms with E-state index in [0.717, 1.165) is 11.3 Å². The van der Waals surface area contributed by atoms with Crippen molar-refractivity contribution in [2.75, 3.05) is 5.32 Å². The lowest BCUT2D eigenvalue weighted by Crippen LogP contribution is -2.17. The number of hydrogen-bond donors (Lipinski definition) is 1. The van der Waals surface area contributed by atoms with E-state index in [9.17, 15) is 4.79 Å². The summed E-state index contributed by atoms with van der Waals surface area (Å²) in [6, 6.07) is 13.5. The second kappa shape index (κ2) is 5.85. The zero-order valence-corrected chi connectivity index (χ0v) is 12.5. The second-order valence-electron chi connectivity index (χ2n) is 5.14. The second-order valence-corrected chi connectivity index (χ2v) is 5.14. The SMILES string of the molecule is Cc1cc(NC(=O)c2ccn(C)n2)n(Cc2ccccc2)n1. The molecule has 0 spiro atoms. The predicted molar refractivity (Wildman–Crippen MR) is 83.7 cm³/mol. The zero-order chi connectivity index (χ0) is 15.5. The molecule has 1 amide bonds. The monoisotopic (exact) mass is 295 g/mol. The van der Waals surface area contributed by atoms with Crippen LogP contribution in [0, 0.1) is 6.92 Å². The first kappa shape index (κ1) is 14.1. The third-order valence-corrected chi connectivity index (χ3v) is 3.27. The number of rotatable bonds is 4. The summed E-state index contributed by atoms with van der Waals surface area (Å²) in [7, 11) is 1.78. The van der Waals surface area contributed by atoms with Crippen LogP contribution in [0.1, 0.15) is 21.7 Å². The van der Waals surface area contributed by atoms with Crippen molar-refractivity contribution >= 4 is 11.7 Å². The van der Waals surface area contributed by atoms with Crippen LogP contribution in [0.2, 0.25) is 0 Å². The number of carbonyl (C=O) groups excluding carboxylic acids is 1. The molecule has 1 N–H and O–H groups in total. The minimum absolute atomic E-state index is 0.241. The standard InChI is InChI=1S/C16H17N5O/c1-12-10-15(17-16(22)14-8-9-20(2)19-14)21(18-12)11-13-6-4-3-5-7-13/h3-10H,11H2,1-2H3,(H,17,22). The maximum atomic E-state index is 12.2. The number of hydrogen-bond acceptors (Lipinski definition) is 3. The molecule has 2 aromatic heterocycles. The fourth-order valence-corrected chi connectivity index (χ4v) is 2.24. The lowest BCUT2D eigenvalue weighted by atomic mass is 10.2. The highest BCUT2D eigenvalue weighted by Crippen LogP contribution is 2.14. The van der Waals surface area contributed by atoms with Gasteiger partial charge in [-0.1, -0.05) is 30.3 Å². The third-order valence-electron chi connectivity index (χ3n) is 3.27. The Bertz CT molecular complexity index is 788. The summed E-state index contributed by atoms with van der Waals surface area (Å²) in [4.78, 5) is 12.2. The highest BCUT2D eigenvalue weighted by molar-refractivity contribution is 6.02. The fraction of sp³-hybridized carbons (Fsp3) is 0.188. The Morgan fingerprint density at radius 1 is 1.18 bits per heavy atom. The van der Waals surface area contributed by atoms with Gasteiger partial charge in [-0.15, -0.1) is 0 Å². The topological polar surface area (TPSA) is 64.7 Å². The van der Waals surface area contributed by atoms with Crippen LogP contribution in [-0.2, 0) is 13.6 Å². The van der Waals surface area contributed by atoms with Crippen LogP contribution in [0.4, 0.5) is 5.82 Å². The molecule has 0 saturated carbocycles. The van der Waals surface area contributed by atoms with Gasteiger partial charge in [-0.05, 0) is 18.6 Å². The molecule has 0 aliphatic heterocycles. The van der Waals surface area contributed by atoms with E-state index in [1.807, 2.05) is 43.3 Å². The molecule has 0 unspecified atom stereocenters. The molecule has 22 heavy (non-hydrogen) atoms. The fourth-order valence-electron chi connectivity index (χ4n) is 2.24. The summed E-state index contributed by atoms with van der Waals surface area (Å²) >= 11 is 0. The maximum Gasteiger partial charge on any atom is 0.277 e. The zero-order valence-electron chi connectivity index (χ0n) is 12.5.